The predicted molar refractivity (Wildman–Crippen MR) is 91.8 cm³/mol. The van der Waals surface area contributed by atoms with Crippen molar-refractivity contribution in [1.82, 2.24) is 10.9 Å². The number of carbonyl (C=O) groups is 2. The first-order valence-electron chi connectivity index (χ1n) is 8.21. The molecule has 2 N–H and O–H groups in total. The maximum Gasteiger partial charge on any atom is 0.269 e. The topological polar surface area (TPSA) is 76.7 Å². The van der Waals surface area contributed by atoms with E-state index in [-0.39, 0.29) is 11.8 Å². The zero-order valence-electron chi connectivity index (χ0n) is 13.7. The molecule has 6 heteroatoms. The van der Waals surface area contributed by atoms with Crippen LogP contribution >= 0.6 is 0 Å². The molecule has 1 aliphatic heterocycles. The van der Waals surface area contributed by atoms with Crippen LogP contribution in [0.4, 0.5) is 0 Å². The molecule has 6 nitrogen and oxygen atoms in total. The van der Waals surface area contributed by atoms with Gasteiger partial charge in [-0.1, -0.05) is 30.3 Å². The van der Waals surface area contributed by atoms with Gasteiger partial charge < -0.3 is 9.47 Å². The fraction of sp³-hybridized carbons (Fsp3) is 0.263. The maximum absolute atomic E-state index is 12.0. The molecular weight excluding hydrogens is 320 g/mol. The van der Waals surface area contributed by atoms with Gasteiger partial charge in [0.2, 0.25) is 0 Å². The lowest BCUT2D eigenvalue weighted by atomic mass is 10.2. The molecule has 2 amide bonds. The zero-order valence-corrected chi connectivity index (χ0v) is 13.7. The lowest BCUT2D eigenvalue weighted by Crippen LogP contribution is -2.46. The fourth-order valence-electron chi connectivity index (χ4n) is 2.50. The quantitative estimate of drug-likeness (QED) is 0.818. The highest BCUT2D eigenvalue weighted by molar-refractivity contribution is 5.95. The minimum atomic E-state index is -0.478. The third kappa shape index (κ3) is 4.81. The summed E-state index contributed by atoms with van der Waals surface area (Å²) in [7, 11) is 0. The van der Waals surface area contributed by atoms with E-state index in [9.17, 15) is 9.59 Å². The van der Waals surface area contributed by atoms with Crippen LogP contribution in [0, 0.1) is 0 Å². The molecule has 1 fully saturated rings. The van der Waals surface area contributed by atoms with Crippen molar-refractivity contribution >= 4 is 11.8 Å². The molecule has 3 rings (SSSR count). The Labute approximate surface area is 146 Å². The predicted octanol–water partition coefficient (Wildman–Crippen LogP) is 2.21. The second kappa shape index (κ2) is 8.30. The van der Waals surface area contributed by atoms with E-state index in [2.05, 4.69) is 10.9 Å². The highest BCUT2D eigenvalue weighted by Gasteiger charge is 2.23. The van der Waals surface area contributed by atoms with Crippen LogP contribution in [0.2, 0.25) is 0 Å². The molecule has 0 radical (unpaired) electrons. The van der Waals surface area contributed by atoms with Gasteiger partial charge in [-0.05, 0) is 42.7 Å². The molecule has 130 valence electrons. The molecule has 0 bridgehead atoms. The largest absolute Gasteiger partial charge is 0.489 e. The summed E-state index contributed by atoms with van der Waals surface area (Å²) in [6, 6.07) is 16.6. The molecule has 0 unspecified atom stereocenters. The van der Waals surface area contributed by atoms with Crippen molar-refractivity contribution in [2.45, 2.75) is 25.6 Å². The standard InChI is InChI=1S/C19H20N2O4/c22-18(20-21-19(23)17-7-4-12-24-17)15-8-10-16(11-9-15)25-13-14-5-2-1-3-6-14/h1-3,5-6,8-11,17H,4,7,12-13H2,(H,20,22)(H,21,23)/t17-/m0/s1. The maximum atomic E-state index is 12.0. The van der Waals surface area contributed by atoms with Crippen molar-refractivity contribution in [3.8, 4) is 5.75 Å². The first-order valence-corrected chi connectivity index (χ1v) is 8.21. The molecule has 1 atom stereocenters. The minimum absolute atomic E-state index is 0.325. The summed E-state index contributed by atoms with van der Waals surface area (Å²) in [5, 5.41) is 0. The third-order valence-corrected chi connectivity index (χ3v) is 3.89. The molecule has 1 saturated heterocycles. The van der Waals surface area contributed by atoms with Crippen LogP contribution in [0.25, 0.3) is 0 Å². The average Bonchev–Trinajstić information content (AvgIpc) is 3.20. The molecular formula is C19H20N2O4. The Balaban J connectivity index is 1.47. The lowest BCUT2D eigenvalue weighted by Gasteiger charge is -2.11. The normalized spacial score (nSPS) is 16.2. The van der Waals surface area contributed by atoms with Crippen LogP contribution in [-0.2, 0) is 16.1 Å². The monoisotopic (exact) mass is 340 g/mol. The summed E-state index contributed by atoms with van der Waals surface area (Å²) in [5.74, 6) is -0.0431. The second-order valence-corrected chi connectivity index (χ2v) is 5.74. The number of hydrazine groups is 1. The van der Waals surface area contributed by atoms with Crippen molar-refractivity contribution < 1.29 is 19.1 Å². The highest BCUT2D eigenvalue weighted by Crippen LogP contribution is 2.14. The van der Waals surface area contributed by atoms with Gasteiger partial charge in [-0.25, -0.2) is 0 Å². The Bertz CT molecular complexity index is 710. The molecule has 1 aliphatic rings. The van der Waals surface area contributed by atoms with E-state index < -0.39 is 6.10 Å². The van der Waals surface area contributed by atoms with Crippen LogP contribution in [0.15, 0.2) is 54.6 Å². The summed E-state index contributed by atoms with van der Waals surface area (Å²) in [6.45, 7) is 1.04. The first kappa shape index (κ1) is 17.0. The molecule has 0 aromatic heterocycles. The van der Waals surface area contributed by atoms with Crippen LogP contribution < -0.4 is 15.6 Å². The number of hydrogen-bond acceptors (Lipinski definition) is 4. The van der Waals surface area contributed by atoms with Crippen molar-refractivity contribution in [1.29, 1.82) is 0 Å². The SMILES string of the molecule is O=C(NNC(=O)[C@@H]1CCCO1)c1ccc(OCc2ccccc2)cc1. The Kier molecular flexibility index (Phi) is 5.64. The molecule has 0 spiro atoms. The third-order valence-electron chi connectivity index (χ3n) is 3.89. The van der Waals surface area contributed by atoms with Crippen molar-refractivity contribution in [2.75, 3.05) is 6.61 Å². The van der Waals surface area contributed by atoms with E-state index in [1.165, 1.54) is 0 Å². The molecule has 2 aromatic carbocycles. The number of nitrogens with one attached hydrogen (secondary N) is 2. The van der Waals surface area contributed by atoms with E-state index >= 15 is 0 Å². The Morgan fingerprint density at radius 3 is 2.48 bits per heavy atom. The Morgan fingerprint density at radius 2 is 1.80 bits per heavy atom. The van der Waals surface area contributed by atoms with Gasteiger partial charge >= 0.3 is 0 Å². The van der Waals surface area contributed by atoms with Gasteiger partial charge in [0, 0.05) is 12.2 Å². The number of ether oxygens (including phenoxy) is 2. The molecule has 2 aromatic rings. The van der Waals surface area contributed by atoms with Crippen LogP contribution in [0.3, 0.4) is 0 Å². The van der Waals surface area contributed by atoms with Crippen molar-refractivity contribution in [3.63, 3.8) is 0 Å². The van der Waals surface area contributed by atoms with Gasteiger partial charge in [0.15, 0.2) is 0 Å². The van der Waals surface area contributed by atoms with Crippen LogP contribution in [-0.4, -0.2) is 24.5 Å². The molecule has 0 aliphatic carbocycles. The molecule has 25 heavy (non-hydrogen) atoms. The lowest BCUT2D eigenvalue weighted by molar-refractivity contribution is -0.130. The Morgan fingerprint density at radius 1 is 1.04 bits per heavy atom. The number of carbonyl (C=O) groups excluding carboxylic acids is 2. The highest BCUT2D eigenvalue weighted by atomic mass is 16.5. The van der Waals surface area contributed by atoms with E-state index in [1.54, 1.807) is 24.3 Å². The van der Waals surface area contributed by atoms with Gasteiger partial charge in [-0.15, -0.1) is 0 Å². The summed E-state index contributed by atoms with van der Waals surface area (Å²) in [6.07, 6.45) is 1.06. The Hall–Kier alpha value is -2.86. The van der Waals surface area contributed by atoms with Crippen molar-refractivity contribution in [2.24, 2.45) is 0 Å². The second-order valence-electron chi connectivity index (χ2n) is 5.74. The zero-order chi connectivity index (χ0) is 17.5. The van der Waals surface area contributed by atoms with Crippen LogP contribution in [0.1, 0.15) is 28.8 Å². The van der Waals surface area contributed by atoms with Crippen LogP contribution in [0.5, 0.6) is 5.75 Å². The van der Waals surface area contributed by atoms with E-state index in [1.807, 2.05) is 30.3 Å². The van der Waals surface area contributed by atoms with Gasteiger partial charge in [0.1, 0.15) is 18.5 Å². The van der Waals surface area contributed by atoms with Gasteiger partial charge in [0.05, 0.1) is 0 Å². The number of amides is 2. The van der Waals surface area contributed by atoms with E-state index in [0.717, 1.165) is 12.0 Å². The smallest absolute Gasteiger partial charge is 0.269 e. The fourth-order valence-corrected chi connectivity index (χ4v) is 2.50. The summed E-state index contributed by atoms with van der Waals surface area (Å²) < 4.78 is 10.9. The minimum Gasteiger partial charge on any atom is -0.489 e. The molecule has 1 heterocycles. The molecule has 0 saturated carbocycles. The summed E-state index contributed by atoms with van der Waals surface area (Å²) >= 11 is 0. The van der Waals surface area contributed by atoms with Gasteiger partial charge in [-0.3, -0.25) is 20.4 Å². The summed E-state index contributed by atoms with van der Waals surface area (Å²) in [4.78, 5) is 23.8. The van der Waals surface area contributed by atoms with Crippen molar-refractivity contribution in [3.05, 3.63) is 65.7 Å². The summed E-state index contributed by atoms with van der Waals surface area (Å²) in [5.41, 5.74) is 6.28. The number of benzene rings is 2. The van der Waals surface area contributed by atoms with E-state index in [0.29, 0.717) is 30.9 Å². The van der Waals surface area contributed by atoms with Gasteiger partial charge in [0.25, 0.3) is 11.8 Å². The number of hydrogen-bond donors (Lipinski definition) is 2. The first-order chi connectivity index (χ1) is 12.2. The van der Waals surface area contributed by atoms with Gasteiger partial charge in [-0.2, -0.15) is 0 Å². The number of rotatable bonds is 5. The average molecular weight is 340 g/mol. The van der Waals surface area contributed by atoms with E-state index in [4.69, 9.17) is 9.47 Å².